The Kier molecular flexibility index (Phi) is 4.89. The van der Waals surface area contributed by atoms with Gasteiger partial charge in [0.1, 0.15) is 11.5 Å². The Balaban J connectivity index is 2.73. The lowest BCUT2D eigenvalue weighted by molar-refractivity contribution is -0.147. The molecule has 0 amide bonds. The maximum Gasteiger partial charge on any atom is 0.345 e. The zero-order valence-corrected chi connectivity index (χ0v) is 10.8. The number of Topliss-reactive ketones (excluding diaryl/α,β-unsaturated/α-hetero) is 1. The van der Waals surface area contributed by atoms with Gasteiger partial charge in [0.25, 0.3) is 0 Å². The van der Waals surface area contributed by atoms with Crippen LogP contribution in [0.5, 0.6) is 5.75 Å². The van der Waals surface area contributed by atoms with E-state index in [4.69, 9.17) is 9.84 Å². The lowest BCUT2D eigenvalue weighted by Gasteiger charge is -2.18. The molecule has 0 saturated heterocycles. The highest BCUT2D eigenvalue weighted by Gasteiger charge is 2.23. The molecule has 1 rings (SSSR count). The molecule has 98 valence electrons. The van der Waals surface area contributed by atoms with E-state index < -0.39 is 12.1 Å². The minimum absolute atomic E-state index is 0.0919. The summed E-state index contributed by atoms with van der Waals surface area (Å²) in [6.45, 7) is 5.12. The fourth-order valence-corrected chi connectivity index (χ4v) is 1.59. The Morgan fingerprint density at radius 2 is 1.78 bits per heavy atom. The summed E-state index contributed by atoms with van der Waals surface area (Å²) >= 11 is 0. The van der Waals surface area contributed by atoms with Crippen LogP contribution in [0.1, 0.15) is 26.3 Å². The van der Waals surface area contributed by atoms with Gasteiger partial charge in [0.15, 0.2) is 6.10 Å². The highest BCUT2D eigenvalue weighted by molar-refractivity contribution is 5.78. The molecule has 1 unspecified atom stereocenters. The van der Waals surface area contributed by atoms with Crippen molar-refractivity contribution in [3.63, 3.8) is 0 Å². The van der Waals surface area contributed by atoms with Crippen LogP contribution in [0.25, 0.3) is 0 Å². The Morgan fingerprint density at radius 1 is 1.22 bits per heavy atom. The number of ether oxygens (including phenoxy) is 1. The number of carbonyl (C=O) groups is 2. The average Bonchev–Trinajstić information content (AvgIpc) is 2.26. The normalized spacial score (nSPS) is 12.2. The van der Waals surface area contributed by atoms with E-state index in [2.05, 4.69) is 0 Å². The monoisotopic (exact) mass is 250 g/mol. The summed E-state index contributed by atoms with van der Waals surface area (Å²) in [5.41, 5.74) is 0.895. The number of aliphatic carboxylic acids is 1. The second kappa shape index (κ2) is 6.19. The molecule has 0 aliphatic heterocycles. The Morgan fingerprint density at radius 3 is 2.17 bits per heavy atom. The first kappa shape index (κ1) is 14.2. The number of rotatable bonds is 6. The van der Waals surface area contributed by atoms with Gasteiger partial charge < -0.3 is 9.84 Å². The summed E-state index contributed by atoms with van der Waals surface area (Å²) in [5.74, 6) is -0.491. The van der Waals surface area contributed by atoms with Crippen LogP contribution in [0.15, 0.2) is 24.3 Å². The second-order valence-electron chi connectivity index (χ2n) is 4.64. The molecule has 4 heteroatoms. The molecule has 0 aromatic heterocycles. The molecule has 1 aromatic carbocycles. The van der Waals surface area contributed by atoms with Crippen molar-refractivity contribution in [2.24, 2.45) is 5.92 Å². The zero-order chi connectivity index (χ0) is 13.7. The third-order valence-corrected chi connectivity index (χ3v) is 2.49. The molecule has 0 spiro atoms. The summed E-state index contributed by atoms with van der Waals surface area (Å²) in [5, 5.41) is 9.01. The summed E-state index contributed by atoms with van der Waals surface area (Å²) < 4.78 is 5.41. The lowest BCUT2D eigenvalue weighted by Crippen LogP contribution is -2.32. The Labute approximate surface area is 107 Å². The minimum Gasteiger partial charge on any atom is -0.478 e. The summed E-state index contributed by atoms with van der Waals surface area (Å²) in [7, 11) is 0. The van der Waals surface area contributed by atoms with Gasteiger partial charge in [0, 0.05) is 12.3 Å². The van der Waals surface area contributed by atoms with Crippen LogP contribution in [0.4, 0.5) is 0 Å². The van der Waals surface area contributed by atoms with E-state index >= 15 is 0 Å². The Bertz CT molecular complexity index is 420. The Hall–Kier alpha value is -1.84. The van der Waals surface area contributed by atoms with Gasteiger partial charge in [-0.3, -0.25) is 4.79 Å². The lowest BCUT2D eigenvalue weighted by atomic mass is 10.1. The van der Waals surface area contributed by atoms with E-state index in [1.807, 2.05) is 0 Å². The molecule has 1 N–H and O–H groups in total. The molecule has 0 aliphatic rings. The van der Waals surface area contributed by atoms with Crippen molar-refractivity contribution < 1.29 is 19.4 Å². The van der Waals surface area contributed by atoms with E-state index in [0.717, 1.165) is 5.56 Å². The maximum absolute atomic E-state index is 11.0. The van der Waals surface area contributed by atoms with E-state index in [-0.39, 0.29) is 11.7 Å². The van der Waals surface area contributed by atoms with E-state index in [0.29, 0.717) is 12.2 Å². The largest absolute Gasteiger partial charge is 0.478 e. The van der Waals surface area contributed by atoms with Crippen molar-refractivity contribution >= 4 is 11.8 Å². The van der Waals surface area contributed by atoms with Gasteiger partial charge in [-0.25, -0.2) is 4.79 Å². The second-order valence-corrected chi connectivity index (χ2v) is 4.64. The number of hydrogen-bond acceptors (Lipinski definition) is 3. The summed E-state index contributed by atoms with van der Waals surface area (Å²) in [4.78, 5) is 21.9. The number of ketones is 1. The summed E-state index contributed by atoms with van der Waals surface area (Å²) in [6.07, 6.45) is -0.476. The van der Waals surface area contributed by atoms with Gasteiger partial charge in [-0.1, -0.05) is 26.0 Å². The predicted molar refractivity (Wildman–Crippen MR) is 67.7 cm³/mol. The molecule has 0 heterocycles. The van der Waals surface area contributed by atoms with Crippen molar-refractivity contribution in [3.8, 4) is 5.75 Å². The fraction of sp³-hybridized carbons (Fsp3) is 0.429. The highest BCUT2D eigenvalue weighted by Crippen LogP contribution is 2.17. The van der Waals surface area contributed by atoms with Crippen molar-refractivity contribution in [1.82, 2.24) is 0 Å². The molecular formula is C14H18O4. The maximum atomic E-state index is 11.0. The number of benzene rings is 1. The van der Waals surface area contributed by atoms with Gasteiger partial charge in [-0.2, -0.15) is 0 Å². The van der Waals surface area contributed by atoms with E-state index in [9.17, 15) is 9.59 Å². The third-order valence-electron chi connectivity index (χ3n) is 2.49. The van der Waals surface area contributed by atoms with Crippen LogP contribution in [0, 0.1) is 5.92 Å². The molecule has 4 nitrogen and oxygen atoms in total. The van der Waals surface area contributed by atoms with Crippen LogP contribution < -0.4 is 4.74 Å². The minimum atomic E-state index is -0.974. The SMILES string of the molecule is CC(=O)Cc1ccc(OC(C(=O)O)C(C)C)cc1. The summed E-state index contributed by atoms with van der Waals surface area (Å²) in [6, 6.07) is 6.93. The van der Waals surface area contributed by atoms with Crippen LogP contribution in [0.3, 0.4) is 0 Å². The molecule has 1 atom stereocenters. The topological polar surface area (TPSA) is 63.6 Å². The molecular weight excluding hydrogens is 232 g/mol. The number of carboxylic acid groups (broad SMARTS) is 1. The smallest absolute Gasteiger partial charge is 0.345 e. The van der Waals surface area contributed by atoms with Gasteiger partial charge >= 0.3 is 5.97 Å². The first-order chi connectivity index (χ1) is 8.40. The van der Waals surface area contributed by atoms with Crippen molar-refractivity contribution in [2.45, 2.75) is 33.3 Å². The average molecular weight is 250 g/mol. The number of hydrogen-bond donors (Lipinski definition) is 1. The van der Waals surface area contributed by atoms with Gasteiger partial charge in [0.2, 0.25) is 0 Å². The van der Waals surface area contributed by atoms with Crippen molar-refractivity contribution in [3.05, 3.63) is 29.8 Å². The molecule has 0 bridgehead atoms. The van der Waals surface area contributed by atoms with Crippen LogP contribution in [-0.2, 0) is 16.0 Å². The highest BCUT2D eigenvalue weighted by atomic mass is 16.5. The standard InChI is InChI=1S/C14H18O4/c1-9(2)13(14(16)17)18-12-6-4-11(5-7-12)8-10(3)15/h4-7,9,13H,8H2,1-3H3,(H,16,17). The van der Waals surface area contributed by atoms with Crippen LogP contribution in [-0.4, -0.2) is 23.0 Å². The van der Waals surface area contributed by atoms with Crippen molar-refractivity contribution in [2.75, 3.05) is 0 Å². The predicted octanol–water partition coefficient (Wildman–Crippen LogP) is 2.31. The molecule has 1 aromatic rings. The molecule has 18 heavy (non-hydrogen) atoms. The van der Waals surface area contributed by atoms with Crippen LogP contribution >= 0.6 is 0 Å². The van der Waals surface area contributed by atoms with Gasteiger partial charge in [-0.05, 0) is 24.6 Å². The van der Waals surface area contributed by atoms with E-state index in [1.165, 1.54) is 6.92 Å². The van der Waals surface area contributed by atoms with E-state index in [1.54, 1.807) is 38.1 Å². The molecule has 0 aliphatic carbocycles. The fourth-order valence-electron chi connectivity index (χ4n) is 1.59. The number of carbonyl (C=O) groups excluding carboxylic acids is 1. The van der Waals surface area contributed by atoms with Crippen LogP contribution in [0.2, 0.25) is 0 Å². The quantitative estimate of drug-likeness (QED) is 0.841. The van der Waals surface area contributed by atoms with Crippen molar-refractivity contribution in [1.29, 1.82) is 0 Å². The zero-order valence-electron chi connectivity index (χ0n) is 10.8. The van der Waals surface area contributed by atoms with Gasteiger partial charge in [-0.15, -0.1) is 0 Å². The first-order valence-electron chi connectivity index (χ1n) is 5.88. The van der Waals surface area contributed by atoms with Gasteiger partial charge in [0.05, 0.1) is 0 Å². The number of carboxylic acids is 1. The molecule has 0 saturated carbocycles. The third kappa shape index (κ3) is 4.20. The first-order valence-corrected chi connectivity index (χ1v) is 5.88. The molecule has 0 fully saturated rings. The molecule has 0 radical (unpaired) electrons.